The summed E-state index contributed by atoms with van der Waals surface area (Å²) in [6.45, 7) is 2.75. The number of rotatable bonds is 8. The Morgan fingerprint density at radius 3 is 2.15 bits per heavy atom. The van der Waals surface area contributed by atoms with Gasteiger partial charge in [-0.1, -0.05) is 12.1 Å². The number of morpholine rings is 1. The number of ether oxygens (including phenoxy) is 2. The second kappa shape index (κ2) is 14.0. The molecule has 4 rings (SSSR count). The third-order valence-electron chi connectivity index (χ3n) is 6.66. The lowest BCUT2D eigenvalue weighted by Gasteiger charge is -2.30. The molecule has 2 aromatic carbocycles. The van der Waals surface area contributed by atoms with Gasteiger partial charge in [-0.05, 0) is 61.0 Å². The zero-order valence-electron chi connectivity index (χ0n) is 24.1. The minimum absolute atomic E-state index is 0.213. The Balaban J connectivity index is 1.64. The van der Waals surface area contributed by atoms with E-state index in [1.807, 2.05) is 0 Å². The monoisotopic (exact) mass is 676 g/mol. The summed E-state index contributed by atoms with van der Waals surface area (Å²) in [4.78, 5) is 29.6. The molecule has 3 aromatic rings. The first-order valence-electron chi connectivity index (χ1n) is 13.7. The van der Waals surface area contributed by atoms with Crippen LogP contribution in [0.5, 0.6) is 5.75 Å². The van der Waals surface area contributed by atoms with E-state index < -0.39 is 82.1 Å². The van der Waals surface area contributed by atoms with Crippen LogP contribution < -0.4 is 20.7 Å². The second-order valence-corrected chi connectivity index (χ2v) is 10.2. The number of aromatic nitrogens is 1. The van der Waals surface area contributed by atoms with Crippen LogP contribution in [0.2, 0.25) is 0 Å². The van der Waals surface area contributed by atoms with Crippen molar-refractivity contribution in [2.45, 2.75) is 37.7 Å². The predicted octanol–water partition coefficient (Wildman–Crippen LogP) is 6.55. The molecule has 17 heteroatoms. The van der Waals surface area contributed by atoms with Gasteiger partial charge in [0.2, 0.25) is 0 Å². The maximum absolute atomic E-state index is 14.0. The lowest BCUT2D eigenvalue weighted by Crippen LogP contribution is -2.46. The van der Waals surface area contributed by atoms with E-state index in [-0.39, 0.29) is 5.56 Å². The van der Waals surface area contributed by atoms with Crippen LogP contribution in [-0.2, 0) is 32.9 Å². The van der Waals surface area contributed by atoms with E-state index >= 15 is 0 Å². The highest BCUT2D eigenvalue weighted by molar-refractivity contribution is 6.28. The predicted molar refractivity (Wildman–Crippen MR) is 150 cm³/mol. The standard InChI is InChI=1S/C30H25F9N4O4/c1-16(24-15-40-9-10-46-24)47-23-7-6-20(13-22(23)29(34,35)36)43-27(45)21(11-17-5-8-25(41-14-17)30(37,38)39)26(44)42-19-4-2-3-18(12-19)28(31,32)33/h2-8,11-14,16,24,40H,9-10,15H2,1H3,(H,42,44)(H,43,45). The minimum atomic E-state index is -4.97. The lowest BCUT2D eigenvalue weighted by molar-refractivity contribution is -0.141. The second-order valence-electron chi connectivity index (χ2n) is 10.2. The van der Waals surface area contributed by atoms with Crippen molar-refractivity contribution in [2.75, 3.05) is 30.3 Å². The third kappa shape index (κ3) is 9.45. The molecule has 252 valence electrons. The van der Waals surface area contributed by atoms with E-state index in [9.17, 15) is 49.1 Å². The van der Waals surface area contributed by atoms with Crippen LogP contribution in [0.25, 0.3) is 6.08 Å². The molecule has 0 saturated carbocycles. The number of carbonyl (C=O) groups is 2. The number of anilines is 2. The fraction of sp³-hybridized carbons (Fsp3) is 0.300. The van der Waals surface area contributed by atoms with E-state index in [4.69, 9.17) is 9.47 Å². The van der Waals surface area contributed by atoms with E-state index in [0.717, 1.165) is 42.5 Å². The number of nitrogens with one attached hydrogen (secondary N) is 3. The minimum Gasteiger partial charge on any atom is -0.487 e. The largest absolute Gasteiger partial charge is 0.487 e. The molecule has 0 spiro atoms. The summed E-state index contributed by atoms with van der Waals surface area (Å²) in [5.74, 6) is -3.25. The maximum Gasteiger partial charge on any atom is 0.433 e. The van der Waals surface area contributed by atoms with Crippen LogP contribution >= 0.6 is 0 Å². The van der Waals surface area contributed by atoms with Gasteiger partial charge in [0.1, 0.15) is 29.2 Å². The molecule has 47 heavy (non-hydrogen) atoms. The Morgan fingerprint density at radius 2 is 1.60 bits per heavy atom. The number of pyridine rings is 1. The van der Waals surface area contributed by atoms with E-state index in [2.05, 4.69) is 20.9 Å². The Morgan fingerprint density at radius 1 is 0.915 bits per heavy atom. The van der Waals surface area contributed by atoms with Crippen LogP contribution in [0.15, 0.2) is 66.4 Å². The number of amides is 2. The molecule has 0 bridgehead atoms. The SMILES string of the molecule is CC(Oc1ccc(NC(=O)C(=Cc2ccc(C(F)(F)F)nc2)C(=O)Nc2cccc(C(F)(F)F)c2)cc1C(F)(F)F)C1CNCCO1. The summed E-state index contributed by atoms with van der Waals surface area (Å²) in [7, 11) is 0. The molecule has 0 aliphatic carbocycles. The van der Waals surface area contributed by atoms with Crippen LogP contribution in [0, 0.1) is 0 Å². The number of alkyl halides is 9. The molecule has 8 nitrogen and oxygen atoms in total. The van der Waals surface area contributed by atoms with Crippen LogP contribution in [0.3, 0.4) is 0 Å². The first kappa shape index (κ1) is 35.2. The topological polar surface area (TPSA) is 102 Å². The summed E-state index contributed by atoms with van der Waals surface area (Å²) in [5, 5.41) is 7.24. The molecule has 2 atom stereocenters. The normalized spacial score (nSPS) is 16.7. The van der Waals surface area contributed by atoms with Crippen molar-refractivity contribution in [3.8, 4) is 5.75 Å². The summed E-state index contributed by atoms with van der Waals surface area (Å²) in [6.07, 6.45) is -14.5. The van der Waals surface area contributed by atoms with Crippen molar-refractivity contribution in [3.05, 3.63) is 88.8 Å². The van der Waals surface area contributed by atoms with Gasteiger partial charge in [-0.25, -0.2) is 0 Å². The highest BCUT2D eigenvalue weighted by Crippen LogP contribution is 2.39. The number of carbonyl (C=O) groups excluding carboxylic acids is 2. The number of hydrogen-bond acceptors (Lipinski definition) is 6. The van der Waals surface area contributed by atoms with Gasteiger partial charge in [0.25, 0.3) is 11.8 Å². The van der Waals surface area contributed by atoms with Crippen LogP contribution in [0.4, 0.5) is 50.9 Å². The van der Waals surface area contributed by atoms with Crippen molar-refractivity contribution in [1.29, 1.82) is 0 Å². The average Bonchev–Trinajstić information content (AvgIpc) is 3.00. The van der Waals surface area contributed by atoms with Crippen LogP contribution in [0.1, 0.15) is 29.3 Å². The average molecular weight is 677 g/mol. The van der Waals surface area contributed by atoms with Crippen molar-refractivity contribution >= 4 is 29.3 Å². The van der Waals surface area contributed by atoms with Gasteiger partial charge >= 0.3 is 18.5 Å². The van der Waals surface area contributed by atoms with Gasteiger partial charge in [0.15, 0.2) is 0 Å². The number of nitrogens with zero attached hydrogens (tertiary/aromatic N) is 1. The first-order chi connectivity index (χ1) is 21.9. The highest BCUT2D eigenvalue weighted by atomic mass is 19.4. The molecule has 1 aliphatic heterocycles. The van der Waals surface area contributed by atoms with Gasteiger partial charge in [-0.3, -0.25) is 14.6 Å². The summed E-state index contributed by atoms with van der Waals surface area (Å²) >= 11 is 0. The van der Waals surface area contributed by atoms with Gasteiger partial charge in [-0.2, -0.15) is 39.5 Å². The molecular weight excluding hydrogens is 651 g/mol. The molecule has 1 saturated heterocycles. The molecule has 2 unspecified atom stereocenters. The van der Waals surface area contributed by atoms with E-state index in [1.54, 1.807) is 0 Å². The third-order valence-corrected chi connectivity index (χ3v) is 6.66. The first-order valence-corrected chi connectivity index (χ1v) is 13.7. The fourth-order valence-corrected chi connectivity index (χ4v) is 4.32. The van der Waals surface area contributed by atoms with Gasteiger partial charge in [0, 0.05) is 30.7 Å². The van der Waals surface area contributed by atoms with Crippen LogP contribution in [-0.4, -0.2) is 48.7 Å². The Bertz CT molecular complexity index is 1620. The number of hydrogen-bond donors (Lipinski definition) is 3. The number of benzene rings is 2. The smallest absolute Gasteiger partial charge is 0.433 e. The summed E-state index contributed by atoms with van der Waals surface area (Å²) in [6, 6.07) is 7.29. The van der Waals surface area contributed by atoms with Crippen molar-refractivity contribution in [3.63, 3.8) is 0 Å². The zero-order valence-corrected chi connectivity index (χ0v) is 24.1. The molecular formula is C30H25F9N4O4. The Kier molecular flexibility index (Phi) is 10.5. The molecule has 1 aromatic heterocycles. The highest BCUT2D eigenvalue weighted by Gasteiger charge is 2.37. The summed E-state index contributed by atoms with van der Waals surface area (Å²) in [5.41, 5.74) is -5.67. The van der Waals surface area contributed by atoms with Crippen molar-refractivity contribution in [2.24, 2.45) is 0 Å². The van der Waals surface area contributed by atoms with Crippen molar-refractivity contribution < 1.29 is 58.6 Å². The van der Waals surface area contributed by atoms with Gasteiger partial charge < -0.3 is 25.4 Å². The maximum atomic E-state index is 14.0. The van der Waals surface area contributed by atoms with Gasteiger partial charge in [-0.15, -0.1) is 0 Å². The lowest BCUT2D eigenvalue weighted by atomic mass is 10.1. The Hall–Kier alpha value is -4.64. The molecule has 0 radical (unpaired) electrons. The molecule has 2 heterocycles. The van der Waals surface area contributed by atoms with Crippen molar-refractivity contribution in [1.82, 2.24) is 10.3 Å². The van der Waals surface area contributed by atoms with E-state index in [1.165, 1.54) is 6.92 Å². The molecule has 1 fully saturated rings. The molecule has 1 aliphatic rings. The summed E-state index contributed by atoms with van der Waals surface area (Å²) < 4.78 is 132. The quantitative estimate of drug-likeness (QED) is 0.108. The molecule has 3 N–H and O–H groups in total. The fourth-order valence-electron chi connectivity index (χ4n) is 4.32. The number of halogens is 9. The molecule has 2 amide bonds. The van der Waals surface area contributed by atoms with E-state index in [0.29, 0.717) is 44.1 Å². The zero-order chi connectivity index (χ0) is 34.6. The Labute approximate surface area is 261 Å². The van der Waals surface area contributed by atoms with Gasteiger partial charge in [0.05, 0.1) is 17.7 Å².